The first-order chi connectivity index (χ1) is 8.45. The van der Waals surface area contributed by atoms with E-state index in [0.717, 1.165) is 6.07 Å². The Hall–Kier alpha value is -1.89. The van der Waals surface area contributed by atoms with Crippen molar-refractivity contribution in [3.05, 3.63) is 28.1 Å². The van der Waals surface area contributed by atoms with Crippen molar-refractivity contribution < 1.29 is 14.1 Å². The number of nitrogens with zero attached hydrogens (tertiary/aromatic N) is 2. The van der Waals surface area contributed by atoms with E-state index in [2.05, 4.69) is 5.32 Å². The van der Waals surface area contributed by atoms with Gasteiger partial charge in [0.15, 0.2) is 11.6 Å². The van der Waals surface area contributed by atoms with Gasteiger partial charge in [-0.25, -0.2) is 4.39 Å². The molecule has 1 aromatic rings. The molecule has 0 radical (unpaired) electrons. The average molecular weight is 257 g/mol. The lowest BCUT2D eigenvalue weighted by molar-refractivity contribution is -0.384. The number of anilines is 1. The number of rotatable bonds is 6. The molecular formula is C11H16FN3O3. The molecule has 0 aliphatic heterocycles. The van der Waals surface area contributed by atoms with E-state index in [4.69, 9.17) is 4.74 Å². The summed E-state index contributed by atoms with van der Waals surface area (Å²) in [5.41, 5.74) is -0.0489. The van der Waals surface area contributed by atoms with E-state index in [1.54, 1.807) is 0 Å². The molecule has 6 nitrogen and oxygen atoms in total. The second kappa shape index (κ2) is 6.15. The molecule has 0 saturated carbocycles. The Bertz CT molecular complexity index is 438. The molecule has 0 spiro atoms. The molecule has 0 atom stereocenters. The second-order valence-electron chi connectivity index (χ2n) is 3.99. The van der Waals surface area contributed by atoms with Crippen LogP contribution in [0.25, 0.3) is 0 Å². The third kappa shape index (κ3) is 3.56. The molecule has 0 aliphatic carbocycles. The number of benzene rings is 1. The van der Waals surface area contributed by atoms with Gasteiger partial charge in [-0.2, -0.15) is 0 Å². The van der Waals surface area contributed by atoms with Crippen LogP contribution < -0.4 is 10.1 Å². The number of likely N-dealkylation sites (N-methyl/N-ethyl adjacent to an activating group) is 1. The number of nitrogens with one attached hydrogen (secondary N) is 1. The summed E-state index contributed by atoms with van der Waals surface area (Å²) in [7, 11) is 5.09. The first-order valence-electron chi connectivity index (χ1n) is 5.36. The Morgan fingerprint density at radius 3 is 2.67 bits per heavy atom. The smallest absolute Gasteiger partial charge is 0.295 e. The Morgan fingerprint density at radius 1 is 1.50 bits per heavy atom. The monoisotopic (exact) mass is 257 g/mol. The summed E-state index contributed by atoms with van der Waals surface area (Å²) in [4.78, 5) is 12.1. The zero-order valence-electron chi connectivity index (χ0n) is 10.6. The van der Waals surface area contributed by atoms with Crippen LogP contribution in [0.5, 0.6) is 5.75 Å². The summed E-state index contributed by atoms with van der Waals surface area (Å²) in [6.07, 6.45) is 0. The molecular weight excluding hydrogens is 241 g/mol. The van der Waals surface area contributed by atoms with Crippen molar-refractivity contribution in [2.24, 2.45) is 0 Å². The van der Waals surface area contributed by atoms with E-state index in [1.807, 2.05) is 19.0 Å². The van der Waals surface area contributed by atoms with Crippen LogP contribution in [0, 0.1) is 15.9 Å². The Kier molecular flexibility index (Phi) is 4.85. The second-order valence-corrected chi connectivity index (χ2v) is 3.99. The van der Waals surface area contributed by atoms with Gasteiger partial charge in [-0.1, -0.05) is 0 Å². The molecule has 1 aromatic carbocycles. The van der Waals surface area contributed by atoms with E-state index >= 15 is 0 Å². The Morgan fingerprint density at radius 2 is 2.17 bits per heavy atom. The topological polar surface area (TPSA) is 67.6 Å². The fraction of sp³-hybridized carbons (Fsp3) is 0.455. The van der Waals surface area contributed by atoms with E-state index < -0.39 is 10.7 Å². The zero-order valence-corrected chi connectivity index (χ0v) is 10.6. The summed E-state index contributed by atoms with van der Waals surface area (Å²) in [5.74, 6) is -0.768. The van der Waals surface area contributed by atoms with Crippen molar-refractivity contribution in [2.45, 2.75) is 0 Å². The van der Waals surface area contributed by atoms with Crippen LogP contribution >= 0.6 is 0 Å². The first-order valence-corrected chi connectivity index (χ1v) is 5.36. The third-order valence-corrected chi connectivity index (χ3v) is 2.34. The van der Waals surface area contributed by atoms with Crippen molar-refractivity contribution in [1.82, 2.24) is 4.90 Å². The number of halogens is 1. The summed E-state index contributed by atoms with van der Waals surface area (Å²) in [6.45, 7) is 1.22. The minimum absolute atomic E-state index is 0.0204. The van der Waals surface area contributed by atoms with Gasteiger partial charge in [-0.3, -0.25) is 10.1 Å². The first kappa shape index (κ1) is 14.2. The van der Waals surface area contributed by atoms with E-state index in [-0.39, 0.29) is 17.1 Å². The summed E-state index contributed by atoms with van der Waals surface area (Å²) in [5, 5.41) is 13.7. The molecule has 7 heteroatoms. The minimum Gasteiger partial charge on any atom is -0.494 e. The summed E-state index contributed by atoms with van der Waals surface area (Å²) in [6, 6.07) is 2.15. The van der Waals surface area contributed by atoms with Gasteiger partial charge in [-0.15, -0.1) is 0 Å². The maximum Gasteiger partial charge on any atom is 0.295 e. The van der Waals surface area contributed by atoms with Gasteiger partial charge in [-0.05, 0) is 14.1 Å². The molecule has 1 N–H and O–H groups in total. The highest BCUT2D eigenvalue weighted by atomic mass is 19.1. The van der Waals surface area contributed by atoms with E-state index in [1.165, 1.54) is 13.2 Å². The molecule has 0 saturated heterocycles. The number of ether oxygens (including phenoxy) is 1. The number of hydrogen-bond acceptors (Lipinski definition) is 5. The predicted molar refractivity (Wildman–Crippen MR) is 66.7 cm³/mol. The molecule has 18 heavy (non-hydrogen) atoms. The lowest BCUT2D eigenvalue weighted by Crippen LogP contribution is -2.21. The van der Waals surface area contributed by atoms with Gasteiger partial charge in [0.05, 0.1) is 18.1 Å². The average Bonchev–Trinajstić information content (AvgIpc) is 2.29. The molecule has 0 heterocycles. The van der Waals surface area contributed by atoms with Crippen LogP contribution in [0.4, 0.5) is 15.8 Å². The third-order valence-electron chi connectivity index (χ3n) is 2.34. The highest BCUT2D eigenvalue weighted by Crippen LogP contribution is 2.31. The Balaban J connectivity index is 2.95. The van der Waals surface area contributed by atoms with Gasteiger partial charge in [0, 0.05) is 19.2 Å². The largest absolute Gasteiger partial charge is 0.494 e. The predicted octanol–water partition coefficient (Wildman–Crippen LogP) is 1.72. The SMILES string of the molecule is COc1cc(NCCN(C)C)c([N+](=O)[O-])cc1F. The fourth-order valence-electron chi connectivity index (χ4n) is 1.41. The van der Waals surface area contributed by atoms with E-state index in [0.29, 0.717) is 13.1 Å². The van der Waals surface area contributed by atoms with Gasteiger partial charge in [0.25, 0.3) is 5.69 Å². The van der Waals surface area contributed by atoms with Crippen LogP contribution in [0.1, 0.15) is 0 Å². The summed E-state index contributed by atoms with van der Waals surface area (Å²) < 4.78 is 18.2. The van der Waals surface area contributed by atoms with E-state index in [9.17, 15) is 14.5 Å². The molecule has 0 aromatic heterocycles. The number of hydrogen-bond donors (Lipinski definition) is 1. The number of nitro groups is 1. The molecule has 0 bridgehead atoms. The molecule has 0 amide bonds. The maximum atomic E-state index is 13.4. The number of nitro benzene ring substituents is 1. The van der Waals surface area contributed by atoms with Crippen LogP contribution in [0.2, 0.25) is 0 Å². The molecule has 0 unspecified atom stereocenters. The lowest BCUT2D eigenvalue weighted by Gasteiger charge is -2.12. The number of methoxy groups -OCH3 is 1. The summed E-state index contributed by atoms with van der Waals surface area (Å²) >= 11 is 0. The van der Waals surface area contributed by atoms with Crippen molar-refractivity contribution in [1.29, 1.82) is 0 Å². The normalized spacial score (nSPS) is 10.5. The van der Waals surface area contributed by atoms with Gasteiger partial charge in [0.2, 0.25) is 0 Å². The Labute approximate surface area is 104 Å². The lowest BCUT2D eigenvalue weighted by atomic mass is 10.2. The van der Waals surface area contributed by atoms with Crippen LogP contribution in [0.3, 0.4) is 0 Å². The molecule has 0 fully saturated rings. The minimum atomic E-state index is -0.748. The van der Waals surface area contributed by atoms with Crippen LogP contribution in [0.15, 0.2) is 12.1 Å². The van der Waals surface area contributed by atoms with Crippen LogP contribution in [-0.2, 0) is 0 Å². The quantitative estimate of drug-likeness (QED) is 0.620. The van der Waals surface area contributed by atoms with Crippen molar-refractivity contribution in [3.8, 4) is 5.75 Å². The van der Waals surface area contributed by atoms with Crippen molar-refractivity contribution >= 4 is 11.4 Å². The van der Waals surface area contributed by atoms with Crippen LogP contribution in [-0.4, -0.2) is 44.1 Å². The van der Waals surface area contributed by atoms with Gasteiger partial charge >= 0.3 is 0 Å². The van der Waals surface area contributed by atoms with Gasteiger partial charge < -0.3 is 15.0 Å². The fourth-order valence-corrected chi connectivity index (χ4v) is 1.41. The molecule has 100 valence electrons. The highest BCUT2D eigenvalue weighted by molar-refractivity contribution is 5.64. The van der Waals surface area contributed by atoms with Crippen molar-refractivity contribution in [3.63, 3.8) is 0 Å². The standard InChI is InChI=1S/C11H16FN3O3/c1-14(2)5-4-13-9-7-11(18-3)8(12)6-10(9)15(16)17/h6-7,13H,4-5H2,1-3H3. The molecule has 1 rings (SSSR count). The molecule has 0 aliphatic rings. The maximum absolute atomic E-state index is 13.4. The zero-order chi connectivity index (χ0) is 13.7. The highest BCUT2D eigenvalue weighted by Gasteiger charge is 2.18. The van der Waals surface area contributed by atoms with Gasteiger partial charge in [0.1, 0.15) is 5.69 Å². The van der Waals surface area contributed by atoms with Crippen molar-refractivity contribution in [2.75, 3.05) is 39.6 Å².